The molecule has 1 aromatic carbocycles. The first kappa shape index (κ1) is 20.7. The summed E-state index contributed by atoms with van der Waals surface area (Å²) in [6.45, 7) is 4.01. The third kappa shape index (κ3) is 8.47. The van der Waals surface area contributed by atoms with Crippen LogP contribution in [0.1, 0.15) is 88.4 Å². The maximum atomic E-state index is 14.1. The van der Waals surface area contributed by atoms with E-state index in [1.54, 1.807) is 31.2 Å². The van der Waals surface area contributed by atoms with Crippen molar-refractivity contribution < 1.29 is 13.9 Å². The van der Waals surface area contributed by atoms with Gasteiger partial charge in [0, 0.05) is 0 Å². The summed E-state index contributed by atoms with van der Waals surface area (Å²) >= 11 is 0. The highest BCUT2D eigenvalue weighted by Gasteiger charge is 2.23. The molecule has 0 aliphatic carbocycles. The first-order valence-corrected chi connectivity index (χ1v) is 9.59. The van der Waals surface area contributed by atoms with Crippen molar-refractivity contribution in [2.75, 3.05) is 0 Å². The molecular formula is C21H33FO2. The molecule has 136 valence electrons. The van der Waals surface area contributed by atoms with E-state index in [9.17, 15) is 9.18 Å². The van der Waals surface area contributed by atoms with E-state index in [0.29, 0.717) is 18.4 Å². The van der Waals surface area contributed by atoms with E-state index in [1.807, 2.05) is 6.07 Å². The predicted octanol–water partition coefficient (Wildman–Crippen LogP) is 6.49. The second-order valence-corrected chi connectivity index (χ2v) is 6.50. The lowest BCUT2D eigenvalue weighted by Crippen LogP contribution is -2.28. The van der Waals surface area contributed by atoms with Gasteiger partial charge in [-0.2, -0.15) is 0 Å². The number of hydrogen-bond acceptors (Lipinski definition) is 2. The van der Waals surface area contributed by atoms with Crippen molar-refractivity contribution in [1.29, 1.82) is 0 Å². The molecule has 0 heterocycles. The van der Waals surface area contributed by atoms with Crippen molar-refractivity contribution >= 4 is 5.97 Å². The minimum atomic E-state index is -1.08. The van der Waals surface area contributed by atoms with Gasteiger partial charge >= 0.3 is 5.97 Å². The molecule has 0 aliphatic rings. The summed E-state index contributed by atoms with van der Waals surface area (Å²) in [6, 6.07) is 8.83. The first-order chi connectivity index (χ1) is 11.7. The van der Waals surface area contributed by atoms with E-state index in [0.717, 1.165) is 12.8 Å². The summed E-state index contributed by atoms with van der Waals surface area (Å²) in [5.41, 5.74) is 0.488. The van der Waals surface area contributed by atoms with Crippen LogP contribution in [0.15, 0.2) is 30.3 Å². The molecule has 2 atom stereocenters. The van der Waals surface area contributed by atoms with Gasteiger partial charge in [-0.1, -0.05) is 77.0 Å². The Hall–Kier alpha value is -1.38. The topological polar surface area (TPSA) is 26.3 Å². The van der Waals surface area contributed by atoms with Crippen LogP contribution in [0.3, 0.4) is 0 Å². The van der Waals surface area contributed by atoms with Crippen LogP contribution in [0, 0.1) is 0 Å². The van der Waals surface area contributed by atoms with Crippen molar-refractivity contribution in [3.8, 4) is 0 Å². The van der Waals surface area contributed by atoms with E-state index in [4.69, 9.17) is 4.74 Å². The molecule has 0 bridgehead atoms. The summed E-state index contributed by atoms with van der Waals surface area (Å²) in [5, 5.41) is 0. The van der Waals surface area contributed by atoms with Crippen LogP contribution in [0.2, 0.25) is 0 Å². The van der Waals surface area contributed by atoms with Crippen LogP contribution in [-0.2, 0) is 4.74 Å². The molecule has 3 heteroatoms. The molecule has 24 heavy (non-hydrogen) atoms. The third-order valence-electron chi connectivity index (χ3n) is 4.40. The van der Waals surface area contributed by atoms with E-state index in [2.05, 4.69) is 6.92 Å². The van der Waals surface area contributed by atoms with Gasteiger partial charge in [0.2, 0.25) is 0 Å². The summed E-state index contributed by atoms with van der Waals surface area (Å²) in [5.74, 6) is -0.420. The SMILES string of the molecule is CCCCCCCCCCC(OC(=O)c1ccccc1)C(F)CC. The van der Waals surface area contributed by atoms with Gasteiger partial charge < -0.3 is 4.74 Å². The second-order valence-electron chi connectivity index (χ2n) is 6.50. The van der Waals surface area contributed by atoms with Crippen molar-refractivity contribution in [3.05, 3.63) is 35.9 Å². The normalized spacial score (nSPS) is 13.5. The van der Waals surface area contributed by atoms with Gasteiger partial charge in [0.1, 0.15) is 12.3 Å². The lowest BCUT2D eigenvalue weighted by Gasteiger charge is -2.21. The van der Waals surface area contributed by atoms with Crippen molar-refractivity contribution in [1.82, 2.24) is 0 Å². The van der Waals surface area contributed by atoms with E-state index in [-0.39, 0.29) is 0 Å². The van der Waals surface area contributed by atoms with E-state index < -0.39 is 18.2 Å². The Labute approximate surface area is 146 Å². The van der Waals surface area contributed by atoms with Crippen LogP contribution in [0.5, 0.6) is 0 Å². The minimum absolute atomic E-state index is 0.379. The fourth-order valence-corrected chi connectivity index (χ4v) is 2.84. The van der Waals surface area contributed by atoms with Gasteiger partial charge in [0.15, 0.2) is 0 Å². The number of esters is 1. The molecule has 0 N–H and O–H groups in total. The molecule has 0 aromatic heterocycles. The lowest BCUT2D eigenvalue weighted by molar-refractivity contribution is 0.00154. The van der Waals surface area contributed by atoms with Gasteiger partial charge in [-0.25, -0.2) is 9.18 Å². The highest BCUT2D eigenvalue weighted by Crippen LogP contribution is 2.19. The quantitative estimate of drug-likeness (QED) is 0.304. The molecule has 1 rings (SSSR count). The fraction of sp³-hybridized carbons (Fsp3) is 0.667. The zero-order valence-corrected chi connectivity index (χ0v) is 15.3. The number of alkyl halides is 1. The number of unbranched alkanes of at least 4 members (excludes halogenated alkanes) is 7. The summed E-state index contributed by atoms with van der Waals surface area (Å²) < 4.78 is 19.5. The van der Waals surface area contributed by atoms with Crippen molar-refractivity contribution in [2.45, 2.75) is 90.3 Å². The van der Waals surface area contributed by atoms with Crippen LogP contribution >= 0.6 is 0 Å². The number of hydrogen-bond donors (Lipinski definition) is 0. The van der Waals surface area contributed by atoms with Crippen LogP contribution < -0.4 is 0 Å². The number of carbonyl (C=O) groups excluding carboxylic acids is 1. The average molecular weight is 336 g/mol. The summed E-state index contributed by atoms with van der Waals surface area (Å²) in [6.07, 6.45) is 8.92. The maximum Gasteiger partial charge on any atom is 0.338 e. The number of ether oxygens (including phenoxy) is 1. The van der Waals surface area contributed by atoms with Crippen LogP contribution in [0.25, 0.3) is 0 Å². The van der Waals surface area contributed by atoms with Crippen molar-refractivity contribution in [2.24, 2.45) is 0 Å². The Balaban J connectivity index is 2.31. The van der Waals surface area contributed by atoms with Crippen molar-refractivity contribution in [3.63, 3.8) is 0 Å². The second kappa shape index (κ2) is 13.0. The molecule has 0 saturated carbocycles. The molecule has 0 amide bonds. The first-order valence-electron chi connectivity index (χ1n) is 9.59. The van der Waals surface area contributed by atoms with Gasteiger partial charge in [0.25, 0.3) is 0 Å². The Kier molecular flexibility index (Phi) is 11.2. The third-order valence-corrected chi connectivity index (χ3v) is 4.40. The van der Waals surface area contributed by atoms with E-state index >= 15 is 0 Å². The summed E-state index contributed by atoms with van der Waals surface area (Å²) in [7, 11) is 0. The molecule has 2 unspecified atom stereocenters. The molecular weight excluding hydrogens is 303 g/mol. The highest BCUT2D eigenvalue weighted by atomic mass is 19.1. The van der Waals surface area contributed by atoms with Gasteiger partial charge in [-0.15, -0.1) is 0 Å². The zero-order chi connectivity index (χ0) is 17.6. The molecule has 0 aliphatic heterocycles. The molecule has 2 nitrogen and oxygen atoms in total. The number of halogens is 1. The molecule has 0 saturated heterocycles. The highest BCUT2D eigenvalue weighted by molar-refractivity contribution is 5.89. The Morgan fingerprint density at radius 2 is 1.54 bits per heavy atom. The average Bonchev–Trinajstić information content (AvgIpc) is 2.62. The Morgan fingerprint density at radius 3 is 2.12 bits per heavy atom. The van der Waals surface area contributed by atoms with Gasteiger partial charge in [-0.3, -0.25) is 0 Å². The molecule has 0 spiro atoms. The van der Waals surface area contributed by atoms with E-state index in [1.165, 1.54) is 38.5 Å². The predicted molar refractivity (Wildman–Crippen MR) is 98.1 cm³/mol. The molecule has 0 fully saturated rings. The number of carbonyl (C=O) groups is 1. The number of rotatable bonds is 13. The Morgan fingerprint density at radius 1 is 0.958 bits per heavy atom. The zero-order valence-electron chi connectivity index (χ0n) is 15.3. The maximum absolute atomic E-state index is 14.1. The van der Waals surface area contributed by atoms with Crippen LogP contribution in [0.4, 0.5) is 4.39 Å². The fourth-order valence-electron chi connectivity index (χ4n) is 2.84. The summed E-state index contributed by atoms with van der Waals surface area (Å²) in [4.78, 5) is 12.1. The van der Waals surface area contributed by atoms with Gasteiger partial charge in [0.05, 0.1) is 5.56 Å². The monoisotopic (exact) mass is 336 g/mol. The lowest BCUT2D eigenvalue weighted by atomic mass is 10.0. The Bertz CT molecular complexity index is 433. The van der Waals surface area contributed by atoms with Gasteiger partial charge in [-0.05, 0) is 31.4 Å². The van der Waals surface area contributed by atoms with Crippen LogP contribution in [-0.4, -0.2) is 18.2 Å². The minimum Gasteiger partial charge on any atom is -0.456 e. The molecule has 0 radical (unpaired) electrons. The standard InChI is InChI=1S/C21H33FO2/c1-3-5-6-7-8-9-10-14-17-20(19(22)4-2)24-21(23)18-15-12-11-13-16-18/h11-13,15-16,19-20H,3-10,14,17H2,1-2H3. The largest absolute Gasteiger partial charge is 0.456 e. The smallest absolute Gasteiger partial charge is 0.338 e. The number of benzene rings is 1. The molecule has 1 aromatic rings.